The van der Waals surface area contributed by atoms with Gasteiger partial charge in [0.05, 0.1) is 6.10 Å². The summed E-state index contributed by atoms with van der Waals surface area (Å²) in [6.07, 6.45) is 25.7. The Morgan fingerprint density at radius 3 is 1.11 bits per heavy atom. The third kappa shape index (κ3) is 25.7. The minimum atomic E-state index is -0.247. The Hall–Kier alpha value is -0.300. The molecule has 5 atom stereocenters. The van der Waals surface area contributed by atoms with Crippen LogP contribution >= 0.6 is 0 Å². The van der Waals surface area contributed by atoms with E-state index < -0.39 is 0 Å². The second-order valence-corrected chi connectivity index (χ2v) is 14.3. The van der Waals surface area contributed by atoms with E-state index in [1.165, 1.54) is 102 Å². The molecule has 0 aromatic heterocycles. The molecule has 0 rings (SSSR count). The van der Waals surface area contributed by atoms with Gasteiger partial charge in [-0.15, -0.1) is 0 Å². The molecule has 1 N–H and O–H groups in total. The molecule has 5 unspecified atom stereocenters. The number of allylic oxidation sites excluding steroid dienone is 1. The molecule has 0 aromatic rings. The predicted molar refractivity (Wildman–Crippen MR) is 169 cm³/mol. The highest BCUT2D eigenvalue weighted by molar-refractivity contribution is 5.01. The monoisotopic (exact) mass is 521 g/mol. The van der Waals surface area contributed by atoms with Crippen LogP contribution in [-0.2, 0) is 0 Å². The molecule has 37 heavy (non-hydrogen) atoms. The van der Waals surface area contributed by atoms with E-state index >= 15 is 0 Å². The first-order chi connectivity index (χ1) is 17.5. The van der Waals surface area contributed by atoms with Gasteiger partial charge in [0, 0.05) is 0 Å². The van der Waals surface area contributed by atoms with E-state index in [1.54, 1.807) is 0 Å². The molecule has 0 fully saturated rings. The van der Waals surface area contributed by atoms with E-state index in [9.17, 15) is 5.11 Å². The molecular formula is C36H72O. The second kappa shape index (κ2) is 23.6. The van der Waals surface area contributed by atoms with Gasteiger partial charge in [-0.3, -0.25) is 0 Å². The van der Waals surface area contributed by atoms with Gasteiger partial charge in [-0.25, -0.2) is 0 Å². The fraction of sp³-hybridized carbons (Fsp3) is 0.944. The molecule has 0 aliphatic carbocycles. The third-order valence-electron chi connectivity index (χ3n) is 8.69. The van der Waals surface area contributed by atoms with Crippen molar-refractivity contribution in [3.63, 3.8) is 0 Å². The van der Waals surface area contributed by atoms with Crippen LogP contribution in [0, 0.1) is 35.5 Å². The van der Waals surface area contributed by atoms with Crippen LogP contribution in [0.2, 0.25) is 0 Å². The Kier molecular flexibility index (Phi) is 23.4. The van der Waals surface area contributed by atoms with E-state index in [4.69, 9.17) is 0 Å². The largest absolute Gasteiger partial charge is 0.389 e. The first kappa shape index (κ1) is 36.7. The summed E-state index contributed by atoms with van der Waals surface area (Å²) in [5, 5.41) is 10.5. The highest BCUT2D eigenvalue weighted by Gasteiger charge is 2.09. The van der Waals surface area contributed by atoms with Gasteiger partial charge in [-0.1, -0.05) is 163 Å². The quantitative estimate of drug-likeness (QED) is 0.119. The molecule has 0 radical (unpaired) electrons. The molecule has 0 heterocycles. The highest BCUT2D eigenvalue weighted by Crippen LogP contribution is 2.24. The van der Waals surface area contributed by atoms with Crippen molar-refractivity contribution in [2.75, 3.05) is 0 Å². The lowest BCUT2D eigenvalue weighted by molar-refractivity contribution is 0.204. The van der Waals surface area contributed by atoms with Gasteiger partial charge in [-0.2, -0.15) is 0 Å². The molecule has 0 saturated carbocycles. The summed E-state index contributed by atoms with van der Waals surface area (Å²) in [7, 11) is 0. The topological polar surface area (TPSA) is 20.2 Å². The molecule has 0 saturated heterocycles. The summed E-state index contributed by atoms with van der Waals surface area (Å²) in [6, 6.07) is 0. The molecule has 0 aliphatic rings. The fourth-order valence-electron chi connectivity index (χ4n) is 5.86. The maximum Gasteiger partial charge on any atom is 0.0723 e. The van der Waals surface area contributed by atoms with Crippen LogP contribution in [0.15, 0.2) is 11.6 Å². The molecular weight excluding hydrogens is 448 g/mol. The maximum absolute atomic E-state index is 10.5. The van der Waals surface area contributed by atoms with Crippen LogP contribution in [0.1, 0.15) is 178 Å². The fourth-order valence-corrected chi connectivity index (χ4v) is 5.86. The predicted octanol–water partition coefficient (Wildman–Crippen LogP) is 12.2. The van der Waals surface area contributed by atoms with Crippen molar-refractivity contribution in [1.29, 1.82) is 0 Å². The van der Waals surface area contributed by atoms with E-state index in [-0.39, 0.29) is 6.10 Å². The lowest BCUT2D eigenvalue weighted by atomic mass is 9.91. The Bertz CT molecular complexity index is 519. The average Bonchev–Trinajstić information content (AvgIpc) is 2.78. The van der Waals surface area contributed by atoms with E-state index in [0.717, 1.165) is 54.8 Å². The zero-order valence-corrected chi connectivity index (χ0v) is 27.3. The summed E-state index contributed by atoms with van der Waals surface area (Å²) < 4.78 is 0. The average molecular weight is 521 g/mol. The Labute approximate surface area is 236 Å². The van der Waals surface area contributed by atoms with Gasteiger partial charge >= 0.3 is 0 Å². The summed E-state index contributed by atoms with van der Waals surface area (Å²) in [4.78, 5) is 0. The molecule has 0 bridgehead atoms. The minimum Gasteiger partial charge on any atom is -0.389 e. The van der Waals surface area contributed by atoms with E-state index in [1.807, 2.05) is 0 Å². The van der Waals surface area contributed by atoms with Crippen LogP contribution < -0.4 is 0 Å². The molecule has 0 aromatic carbocycles. The van der Waals surface area contributed by atoms with Gasteiger partial charge in [0.25, 0.3) is 0 Å². The van der Waals surface area contributed by atoms with Crippen molar-refractivity contribution in [2.45, 2.75) is 184 Å². The van der Waals surface area contributed by atoms with Gasteiger partial charge in [0.15, 0.2) is 0 Å². The van der Waals surface area contributed by atoms with Crippen molar-refractivity contribution in [3.8, 4) is 0 Å². The van der Waals surface area contributed by atoms with Crippen molar-refractivity contribution < 1.29 is 5.11 Å². The van der Waals surface area contributed by atoms with Gasteiger partial charge in [0.2, 0.25) is 0 Å². The SMILES string of the molecule is CC(=CC(O)CCCC(C)CCCC(C)CCCC(C)C)CCCC(C)CCCC(C)CCCC(C)C. The Balaban J connectivity index is 3.82. The number of hydrogen-bond donors (Lipinski definition) is 1. The van der Waals surface area contributed by atoms with Crippen molar-refractivity contribution in [2.24, 2.45) is 35.5 Å². The van der Waals surface area contributed by atoms with Crippen molar-refractivity contribution in [3.05, 3.63) is 11.6 Å². The van der Waals surface area contributed by atoms with Crippen LogP contribution in [0.3, 0.4) is 0 Å². The van der Waals surface area contributed by atoms with Crippen molar-refractivity contribution >= 4 is 0 Å². The highest BCUT2D eigenvalue weighted by atomic mass is 16.3. The summed E-state index contributed by atoms with van der Waals surface area (Å²) in [5.74, 6) is 5.12. The zero-order chi connectivity index (χ0) is 28.1. The van der Waals surface area contributed by atoms with Gasteiger partial charge < -0.3 is 5.11 Å². The molecule has 0 amide bonds. The lowest BCUT2D eigenvalue weighted by Gasteiger charge is -2.16. The number of hydrogen-bond acceptors (Lipinski definition) is 1. The normalized spacial score (nSPS) is 16.8. The number of aliphatic hydroxyl groups excluding tert-OH is 1. The maximum atomic E-state index is 10.5. The first-order valence-corrected chi connectivity index (χ1v) is 16.8. The molecule has 222 valence electrons. The van der Waals surface area contributed by atoms with Crippen LogP contribution in [0.4, 0.5) is 0 Å². The van der Waals surface area contributed by atoms with Gasteiger partial charge in [0.1, 0.15) is 0 Å². The minimum absolute atomic E-state index is 0.247. The Morgan fingerprint density at radius 1 is 0.459 bits per heavy atom. The number of aliphatic hydroxyl groups is 1. The smallest absolute Gasteiger partial charge is 0.0723 e. The van der Waals surface area contributed by atoms with Gasteiger partial charge in [-0.05, 0) is 61.7 Å². The first-order valence-electron chi connectivity index (χ1n) is 16.8. The van der Waals surface area contributed by atoms with Crippen LogP contribution in [0.25, 0.3) is 0 Å². The third-order valence-corrected chi connectivity index (χ3v) is 8.69. The standard InChI is InChI=1S/C36H72O/c1-29(2)16-10-18-31(5)20-12-22-33(7)24-14-26-35(9)28-36(37)27-15-25-34(8)23-13-21-32(6)19-11-17-30(3)4/h28-34,36-37H,10-27H2,1-9H3. The van der Waals surface area contributed by atoms with E-state index in [2.05, 4.69) is 68.4 Å². The van der Waals surface area contributed by atoms with E-state index in [0.29, 0.717) is 0 Å². The summed E-state index contributed by atoms with van der Waals surface area (Å²) in [6.45, 7) is 21.3. The molecule has 0 aliphatic heterocycles. The summed E-state index contributed by atoms with van der Waals surface area (Å²) >= 11 is 0. The van der Waals surface area contributed by atoms with Crippen LogP contribution in [-0.4, -0.2) is 11.2 Å². The zero-order valence-electron chi connectivity index (χ0n) is 27.3. The summed E-state index contributed by atoms with van der Waals surface area (Å²) in [5.41, 5.74) is 1.39. The molecule has 0 spiro atoms. The molecule has 1 heteroatoms. The van der Waals surface area contributed by atoms with Crippen molar-refractivity contribution in [1.82, 2.24) is 0 Å². The molecule has 1 nitrogen and oxygen atoms in total. The van der Waals surface area contributed by atoms with Crippen LogP contribution in [0.5, 0.6) is 0 Å². The number of rotatable bonds is 25. The Morgan fingerprint density at radius 2 is 0.757 bits per heavy atom. The lowest BCUT2D eigenvalue weighted by Crippen LogP contribution is -2.05. The second-order valence-electron chi connectivity index (χ2n) is 14.3.